The van der Waals surface area contributed by atoms with E-state index < -0.39 is 63.8 Å². The number of phenolic OH excluding ortho intramolecular Hbond substituents is 1. The fourth-order valence-corrected chi connectivity index (χ4v) is 4.44. The number of anilines is 1. The summed E-state index contributed by atoms with van der Waals surface area (Å²) in [4.78, 5) is 50.1. The topological polar surface area (TPSA) is 177 Å². The zero-order valence-corrected chi connectivity index (χ0v) is 22.9. The number of amides is 2. The Morgan fingerprint density at radius 1 is 1.17 bits per heavy atom. The van der Waals surface area contributed by atoms with Crippen LogP contribution in [-0.2, 0) is 16.1 Å². The van der Waals surface area contributed by atoms with Crippen LogP contribution in [0.1, 0.15) is 49.5 Å². The molecule has 2 aromatic rings. The van der Waals surface area contributed by atoms with Crippen LogP contribution in [0.15, 0.2) is 30.3 Å². The third-order valence-electron chi connectivity index (χ3n) is 6.52. The van der Waals surface area contributed by atoms with Crippen molar-refractivity contribution in [2.24, 2.45) is 11.7 Å². The van der Waals surface area contributed by atoms with Crippen LogP contribution in [0.25, 0.3) is 0 Å². The molecule has 2 aromatic carbocycles. The minimum Gasteiger partial charge on any atom is -0.502 e. The predicted octanol–water partition coefficient (Wildman–Crippen LogP) is 3.46. The smallest absolute Gasteiger partial charge is 0.412 e. The van der Waals surface area contributed by atoms with Gasteiger partial charge in [0, 0.05) is 18.7 Å². The van der Waals surface area contributed by atoms with E-state index in [-0.39, 0.29) is 17.3 Å². The number of hydrogen-bond acceptors (Lipinski definition) is 9. The Morgan fingerprint density at radius 3 is 2.41 bits per heavy atom. The fraction of sp³-hybridized carbons (Fsp3) is 0.444. The summed E-state index contributed by atoms with van der Waals surface area (Å²) in [6, 6.07) is 4.57. The first-order valence-electron chi connectivity index (χ1n) is 12.9. The Labute approximate surface area is 235 Å². The second-order valence-corrected chi connectivity index (χ2v) is 10.8. The van der Waals surface area contributed by atoms with Gasteiger partial charge in [-0.1, -0.05) is 6.07 Å². The highest BCUT2D eigenvalue weighted by molar-refractivity contribution is 6.04. The van der Waals surface area contributed by atoms with Gasteiger partial charge in [0.05, 0.1) is 28.8 Å². The molecule has 0 aromatic heterocycles. The lowest BCUT2D eigenvalue weighted by Crippen LogP contribution is -2.47. The molecule has 1 fully saturated rings. The van der Waals surface area contributed by atoms with Crippen LogP contribution in [-0.4, -0.2) is 64.0 Å². The standard InChI is InChI=1S/C27H33F2N5O7/c1-27(2,3)41-26(38)32-20-12-19(29)18(28)11-17(20)25(37)31-13-23(36)24(30)16-6-8-33(9-7-16)14-15-4-5-22(35)21(10-15)34(39)40/h4-5,10-12,16,24,35H,6-9,13-14,30H2,1-3H3,(H,31,37)(H,32,38). The van der Waals surface area contributed by atoms with E-state index in [4.69, 9.17) is 10.5 Å². The summed E-state index contributed by atoms with van der Waals surface area (Å²) in [6.45, 7) is 5.90. The van der Waals surface area contributed by atoms with E-state index in [0.29, 0.717) is 50.2 Å². The third-order valence-corrected chi connectivity index (χ3v) is 6.52. The normalized spacial score (nSPS) is 15.2. The molecule has 0 bridgehead atoms. The van der Waals surface area contributed by atoms with Gasteiger partial charge in [0.2, 0.25) is 0 Å². The van der Waals surface area contributed by atoms with Gasteiger partial charge in [0.25, 0.3) is 5.91 Å². The lowest BCUT2D eigenvalue weighted by Gasteiger charge is -2.34. The fourth-order valence-electron chi connectivity index (χ4n) is 4.44. The lowest BCUT2D eigenvalue weighted by molar-refractivity contribution is -0.385. The highest BCUT2D eigenvalue weighted by Gasteiger charge is 2.29. The number of ketones is 1. The van der Waals surface area contributed by atoms with Crippen LogP contribution < -0.4 is 16.4 Å². The van der Waals surface area contributed by atoms with Crippen LogP contribution in [0.4, 0.5) is 25.0 Å². The molecule has 12 nitrogen and oxygen atoms in total. The molecule has 1 aliphatic heterocycles. The number of benzene rings is 2. The molecule has 5 N–H and O–H groups in total. The van der Waals surface area contributed by atoms with E-state index in [9.17, 15) is 38.4 Å². The Hall–Kier alpha value is -4.17. The number of carbonyl (C=O) groups is 3. The first kappa shape index (κ1) is 31.4. The number of rotatable bonds is 9. The summed E-state index contributed by atoms with van der Waals surface area (Å²) in [5.41, 5.74) is 4.85. The van der Waals surface area contributed by atoms with Gasteiger partial charge in [-0.3, -0.25) is 29.9 Å². The first-order chi connectivity index (χ1) is 19.1. The number of nitrogens with one attached hydrogen (secondary N) is 2. The van der Waals surface area contributed by atoms with Gasteiger partial charge >= 0.3 is 11.8 Å². The summed E-state index contributed by atoms with van der Waals surface area (Å²) in [6.07, 6.45) is 0.146. The van der Waals surface area contributed by atoms with Gasteiger partial charge in [-0.25, -0.2) is 13.6 Å². The van der Waals surface area contributed by atoms with Crippen molar-refractivity contribution in [1.29, 1.82) is 0 Å². The molecule has 2 amide bonds. The largest absolute Gasteiger partial charge is 0.502 e. The number of nitro groups is 1. The predicted molar refractivity (Wildman–Crippen MR) is 144 cm³/mol. The van der Waals surface area contributed by atoms with Crippen molar-refractivity contribution in [3.05, 3.63) is 63.2 Å². The summed E-state index contributed by atoms with van der Waals surface area (Å²) < 4.78 is 32.8. The Kier molecular flexibility index (Phi) is 9.94. The van der Waals surface area contributed by atoms with Gasteiger partial charge in [-0.2, -0.15) is 0 Å². The van der Waals surface area contributed by atoms with Gasteiger partial charge in [-0.05, 0) is 70.3 Å². The average Bonchev–Trinajstić information content (AvgIpc) is 2.88. The van der Waals surface area contributed by atoms with Gasteiger partial charge < -0.3 is 20.9 Å². The maximum atomic E-state index is 13.9. The summed E-state index contributed by atoms with van der Waals surface area (Å²) >= 11 is 0. The SMILES string of the molecule is CC(C)(C)OC(=O)Nc1cc(F)c(F)cc1C(=O)NCC(=O)C(N)C1CCN(Cc2ccc(O)c([N+](=O)[O-])c2)CC1. The molecule has 1 heterocycles. The van der Waals surface area contributed by atoms with Gasteiger partial charge in [0.15, 0.2) is 23.2 Å². The number of carbonyl (C=O) groups excluding carboxylic acids is 3. The maximum Gasteiger partial charge on any atom is 0.412 e. The number of nitro benzene ring substituents is 1. The number of aromatic hydroxyl groups is 1. The molecule has 0 saturated carbocycles. The second-order valence-electron chi connectivity index (χ2n) is 10.8. The number of Topliss-reactive ketones (excluding diaryl/α,β-unsaturated/α-hetero) is 1. The van der Waals surface area contributed by atoms with Crippen LogP contribution in [0, 0.1) is 27.7 Å². The lowest BCUT2D eigenvalue weighted by atomic mass is 9.87. The molecule has 222 valence electrons. The van der Waals surface area contributed by atoms with Crippen molar-refractivity contribution < 1.29 is 37.9 Å². The van der Waals surface area contributed by atoms with Gasteiger partial charge in [-0.15, -0.1) is 0 Å². The second kappa shape index (κ2) is 13.0. The van der Waals surface area contributed by atoms with Crippen LogP contribution >= 0.6 is 0 Å². The van der Waals surface area contributed by atoms with Crippen molar-refractivity contribution in [2.45, 2.75) is 51.8 Å². The number of ether oxygens (including phenoxy) is 1. The highest BCUT2D eigenvalue weighted by Crippen LogP contribution is 2.28. The van der Waals surface area contributed by atoms with E-state index in [2.05, 4.69) is 10.6 Å². The zero-order chi connectivity index (χ0) is 30.5. The molecule has 0 aliphatic carbocycles. The van der Waals surface area contributed by atoms with Crippen molar-refractivity contribution in [1.82, 2.24) is 10.2 Å². The molecule has 1 atom stereocenters. The monoisotopic (exact) mass is 577 g/mol. The molecule has 1 aliphatic rings. The number of piperidine rings is 1. The van der Waals surface area contributed by atoms with E-state index in [1.54, 1.807) is 26.8 Å². The summed E-state index contributed by atoms with van der Waals surface area (Å²) in [5.74, 6) is -4.59. The number of likely N-dealkylation sites (tertiary alicyclic amines) is 1. The Morgan fingerprint density at radius 2 is 1.80 bits per heavy atom. The Bertz CT molecular complexity index is 1320. The van der Waals surface area contributed by atoms with E-state index >= 15 is 0 Å². The van der Waals surface area contributed by atoms with E-state index in [1.807, 2.05) is 4.90 Å². The van der Waals surface area contributed by atoms with Gasteiger partial charge in [0.1, 0.15) is 5.60 Å². The maximum absolute atomic E-state index is 13.9. The highest BCUT2D eigenvalue weighted by atomic mass is 19.2. The molecule has 1 unspecified atom stereocenters. The third kappa shape index (κ3) is 8.66. The van der Waals surface area contributed by atoms with Crippen LogP contribution in [0.3, 0.4) is 0 Å². The zero-order valence-electron chi connectivity index (χ0n) is 22.9. The molecule has 1 saturated heterocycles. The molecule has 3 rings (SSSR count). The average molecular weight is 578 g/mol. The molecule has 0 spiro atoms. The summed E-state index contributed by atoms with van der Waals surface area (Å²) in [5, 5.41) is 25.3. The van der Waals surface area contributed by atoms with Crippen molar-refractivity contribution >= 4 is 29.2 Å². The van der Waals surface area contributed by atoms with Crippen LogP contribution in [0.2, 0.25) is 0 Å². The minimum absolute atomic E-state index is 0.183. The molecule has 14 heteroatoms. The number of hydrogen-bond donors (Lipinski definition) is 4. The number of nitrogens with two attached hydrogens (primary N) is 1. The molecular formula is C27H33F2N5O7. The van der Waals surface area contributed by atoms with Crippen molar-refractivity contribution in [2.75, 3.05) is 25.0 Å². The quantitative estimate of drug-likeness (QED) is 0.257. The van der Waals surface area contributed by atoms with Crippen molar-refractivity contribution in [3.63, 3.8) is 0 Å². The van der Waals surface area contributed by atoms with Crippen molar-refractivity contribution in [3.8, 4) is 5.75 Å². The molecular weight excluding hydrogens is 544 g/mol. The number of halogens is 2. The summed E-state index contributed by atoms with van der Waals surface area (Å²) in [7, 11) is 0. The number of nitrogens with zero attached hydrogens (tertiary/aromatic N) is 2. The Balaban J connectivity index is 1.55. The first-order valence-corrected chi connectivity index (χ1v) is 12.9. The molecule has 0 radical (unpaired) electrons. The van der Waals surface area contributed by atoms with E-state index in [1.165, 1.54) is 12.1 Å². The number of phenols is 1. The van der Waals surface area contributed by atoms with Crippen LogP contribution in [0.5, 0.6) is 5.75 Å². The molecule has 41 heavy (non-hydrogen) atoms. The van der Waals surface area contributed by atoms with E-state index in [0.717, 1.165) is 0 Å². The minimum atomic E-state index is -1.32.